The van der Waals surface area contributed by atoms with E-state index in [1.54, 1.807) is 29.7 Å². The lowest BCUT2D eigenvalue weighted by Crippen LogP contribution is -2.40. The molecular weight excluding hydrogens is 534 g/mol. The number of hydrogen-bond acceptors (Lipinski definition) is 7. The molecule has 0 saturated carbocycles. The Kier molecular flexibility index (Phi) is 8.27. The van der Waals surface area contributed by atoms with Crippen LogP contribution in [-0.2, 0) is 9.53 Å². The number of nitrogens with zero attached hydrogens (tertiary/aromatic N) is 3. The Morgan fingerprint density at radius 3 is 2.41 bits per heavy atom. The number of thiazole rings is 1. The molecule has 41 heavy (non-hydrogen) atoms. The Labute approximate surface area is 242 Å². The first-order chi connectivity index (χ1) is 19.9. The van der Waals surface area contributed by atoms with Crippen LogP contribution in [0.5, 0.6) is 5.75 Å². The van der Waals surface area contributed by atoms with Gasteiger partial charge in [0.25, 0.3) is 5.56 Å². The highest BCUT2D eigenvalue weighted by atomic mass is 32.1. The molecule has 8 heteroatoms. The smallest absolute Gasteiger partial charge is 0.338 e. The average molecular weight is 564 g/mol. The van der Waals surface area contributed by atoms with Gasteiger partial charge in [0, 0.05) is 5.56 Å². The van der Waals surface area contributed by atoms with Crippen LogP contribution >= 0.6 is 11.3 Å². The standard InChI is InChI=1S/C33H29N3O4S/c1-4-39-32(38)28-29(24-8-6-5-7-9-24)35-33-36(30(28)25-14-12-23(13-15-25)21(2)3)31(37)27(41-33)20-22-10-16-26(17-11-22)40-19-18-34/h5-17,20-21,30H,4,19H2,1-3H3/b27-20-/t30-/m1/s1. The summed E-state index contributed by atoms with van der Waals surface area (Å²) >= 11 is 1.27. The number of carbonyl (C=O) groups is 1. The van der Waals surface area contributed by atoms with Crippen molar-refractivity contribution in [2.75, 3.05) is 13.2 Å². The van der Waals surface area contributed by atoms with E-state index in [0.717, 1.165) is 22.3 Å². The third-order valence-corrected chi connectivity index (χ3v) is 7.76. The first-order valence-corrected chi connectivity index (χ1v) is 14.2. The second-order valence-electron chi connectivity index (χ2n) is 9.77. The lowest BCUT2D eigenvalue weighted by Gasteiger charge is -2.26. The highest BCUT2D eigenvalue weighted by molar-refractivity contribution is 7.07. The van der Waals surface area contributed by atoms with Gasteiger partial charge in [0.15, 0.2) is 11.4 Å². The van der Waals surface area contributed by atoms with Gasteiger partial charge in [-0.1, -0.05) is 91.9 Å². The van der Waals surface area contributed by atoms with Gasteiger partial charge in [0.2, 0.25) is 0 Å². The Bertz CT molecular complexity index is 1810. The predicted octanol–water partition coefficient (Wildman–Crippen LogP) is 4.96. The molecule has 0 bridgehead atoms. The van der Waals surface area contributed by atoms with E-state index in [1.807, 2.05) is 72.8 Å². The largest absolute Gasteiger partial charge is 0.479 e. The third-order valence-electron chi connectivity index (χ3n) is 6.77. The van der Waals surface area contributed by atoms with Gasteiger partial charge >= 0.3 is 5.97 Å². The minimum atomic E-state index is -0.717. The number of carbonyl (C=O) groups excluding carboxylic acids is 1. The molecule has 1 aliphatic heterocycles. The van der Waals surface area contributed by atoms with Crippen LogP contribution in [-0.4, -0.2) is 23.8 Å². The lowest BCUT2D eigenvalue weighted by molar-refractivity contribution is -0.138. The maximum absolute atomic E-state index is 14.0. The van der Waals surface area contributed by atoms with Crippen molar-refractivity contribution in [3.05, 3.63) is 126 Å². The summed E-state index contributed by atoms with van der Waals surface area (Å²) in [6, 6.07) is 25.9. The van der Waals surface area contributed by atoms with E-state index in [9.17, 15) is 9.59 Å². The summed E-state index contributed by atoms with van der Waals surface area (Å²) in [6.07, 6.45) is 1.80. The van der Waals surface area contributed by atoms with Crippen LogP contribution in [0.25, 0.3) is 11.8 Å². The summed E-state index contributed by atoms with van der Waals surface area (Å²) in [5.41, 5.74) is 4.10. The fraction of sp³-hybridized carbons (Fsp3) is 0.212. The first-order valence-electron chi connectivity index (χ1n) is 13.4. The van der Waals surface area contributed by atoms with Crippen LogP contribution in [0, 0.1) is 11.3 Å². The molecule has 0 unspecified atom stereocenters. The number of nitriles is 1. The topological polar surface area (TPSA) is 93.7 Å². The molecule has 4 aromatic rings. The van der Waals surface area contributed by atoms with Crippen LogP contribution in [0.3, 0.4) is 0 Å². The Morgan fingerprint density at radius 2 is 1.78 bits per heavy atom. The molecule has 0 radical (unpaired) electrons. The van der Waals surface area contributed by atoms with Gasteiger partial charge in [-0.25, -0.2) is 9.79 Å². The molecule has 0 aliphatic carbocycles. The minimum Gasteiger partial charge on any atom is -0.479 e. The SMILES string of the molecule is CCOC(=O)C1=C(c2ccccc2)N=c2s/c(=C\c3ccc(OCC#N)cc3)c(=O)n2[C@@H]1c1ccc(C(C)C)cc1. The Balaban J connectivity index is 1.73. The van der Waals surface area contributed by atoms with Crippen LogP contribution in [0.1, 0.15) is 55.0 Å². The van der Waals surface area contributed by atoms with E-state index < -0.39 is 12.0 Å². The molecule has 1 atom stereocenters. The van der Waals surface area contributed by atoms with E-state index in [2.05, 4.69) is 13.8 Å². The van der Waals surface area contributed by atoms with Crippen molar-refractivity contribution >= 4 is 29.1 Å². The molecule has 3 aromatic carbocycles. The highest BCUT2D eigenvalue weighted by Gasteiger charge is 2.35. The molecule has 206 valence electrons. The van der Waals surface area contributed by atoms with Gasteiger partial charge < -0.3 is 9.47 Å². The molecule has 0 fully saturated rings. The van der Waals surface area contributed by atoms with Crippen molar-refractivity contribution in [1.82, 2.24) is 4.57 Å². The molecule has 1 aromatic heterocycles. The summed E-state index contributed by atoms with van der Waals surface area (Å²) in [5, 5.41) is 8.75. The number of rotatable bonds is 8. The number of ether oxygens (including phenoxy) is 2. The number of fused-ring (bicyclic) bond motifs is 1. The number of aromatic nitrogens is 1. The fourth-order valence-electron chi connectivity index (χ4n) is 4.75. The summed E-state index contributed by atoms with van der Waals surface area (Å²) in [7, 11) is 0. The van der Waals surface area contributed by atoms with Gasteiger partial charge in [-0.3, -0.25) is 9.36 Å². The summed E-state index contributed by atoms with van der Waals surface area (Å²) in [6.45, 7) is 6.17. The maximum atomic E-state index is 14.0. The Morgan fingerprint density at radius 1 is 1.07 bits per heavy atom. The van der Waals surface area contributed by atoms with E-state index in [0.29, 0.717) is 32.3 Å². The van der Waals surface area contributed by atoms with Crippen LogP contribution in [0.4, 0.5) is 0 Å². The van der Waals surface area contributed by atoms with E-state index in [4.69, 9.17) is 19.7 Å². The van der Waals surface area contributed by atoms with Crippen molar-refractivity contribution < 1.29 is 14.3 Å². The highest BCUT2D eigenvalue weighted by Crippen LogP contribution is 2.35. The number of hydrogen-bond donors (Lipinski definition) is 0. The minimum absolute atomic E-state index is 0.0390. The number of esters is 1. The van der Waals surface area contributed by atoms with Gasteiger partial charge in [-0.2, -0.15) is 5.26 Å². The van der Waals surface area contributed by atoms with Crippen molar-refractivity contribution in [2.45, 2.75) is 32.7 Å². The van der Waals surface area contributed by atoms with E-state index in [1.165, 1.54) is 11.3 Å². The molecule has 7 nitrogen and oxygen atoms in total. The monoisotopic (exact) mass is 563 g/mol. The van der Waals surface area contributed by atoms with Crippen molar-refractivity contribution in [3.63, 3.8) is 0 Å². The van der Waals surface area contributed by atoms with Crippen LogP contribution in [0.2, 0.25) is 0 Å². The number of benzene rings is 3. The lowest BCUT2D eigenvalue weighted by atomic mass is 9.91. The van der Waals surface area contributed by atoms with E-state index >= 15 is 0 Å². The normalized spacial score (nSPS) is 14.8. The first kappa shape index (κ1) is 27.8. The van der Waals surface area contributed by atoms with Gasteiger partial charge in [0.05, 0.1) is 28.5 Å². The van der Waals surface area contributed by atoms with E-state index in [-0.39, 0.29) is 18.8 Å². The van der Waals surface area contributed by atoms with Gasteiger partial charge in [0.1, 0.15) is 11.8 Å². The van der Waals surface area contributed by atoms with Crippen molar-refractivity contribution in [2.24, 2.45) is 4.99 Å². The molecule has 1 aliphatic rings. The average Bonchev–Trinajstić information content (AvgIpc) is 3.30. The second-order valence-corrected chi connectivity index (χ2v) is 10.8. The molecule has 0 saturated heterocycles. The third kappa shape index (κ3) is 5.76. The molecule has 0 spiro atoms. The summed E-state index contributed by atoms with van der Waals surface area (Å²) in [5.74, 6) is 0.402. The molecular formula is C33H29N3O4S. The zero-order chi connectivity index (χ0) is 28.9. The van der Waals surface area contributed by atoms with Crippen LogP contribution < -0.4 is 19.6 Å². The molecule has 5 rings (SSSR count). The molecule has 2 heterocycles. The van der Waals surface area contributed by atoms with Crippen LogP contribution in [0.15, 0.2) is 94.2 Å². The Hall–Kier alpha value is -4.74. The zero-order valence-electron chi connectivity index (χ0n) is 23.0. The summed E-state index contributed by atoms with van der Waals surface area (Å²) < 4.78 is 13.0. The maximum Gasteiger partial charge on any atom is 0.338 e. The predicted molar refractivity (Wildman–Crippen MR) is 159 cm³/mol. The van der Waals surface area contributed by atoms with Crippen molar-refractivity contribution in [3.8, 4) is 11.8 Å². The summed E-state index contributed by atoms with van der Waals surface area (Å²) in [4.78, 5) is 33.0. The quantitative estimate of drug-likeness (QED) is 0.283. The second kappa shape index (κ2) is 12.2. The van der Waals surface area contributed by atoms with Crippen molar-refractivity contribution in [1.29, 1.82) is 5.26 Å². The van der Waals surface area contributed by atoms with Gasteiger partial charge in [-0.05, 0) is 47.7 Å². The molecule has 0 amide bonds. The molecule has 0 N–H and O–H groups in total. The van der Waals surface area contributed by atoms with Gasteiger partial charge in [-0.15, -0.1) is 0 Å². The fourth-order valence-corrected chi connectivity index (χ4v) is 5.75. The zero-order valence-corrected chi connectivity index (χ0v) is 23.9.